The van der Waals surface area contributed by atoms with Gasteiger partial charge in [0, 0.05) is 17.5 Å². The average molecular weight is 319 g/mol. The van der Waals surface area contributed by atoms with Crippen molar-refractivity contribution >= 4 is 27.8 Å². The fraction of sp³-hybridized carbons (Fsp3) is 0.158. The first kappa shape index (κ1) is 15.8. The van der Waals surface area contributed by atoms with Crippen molar-refractivity contribution in [1.29, 1.82) is 0 Å². The van der Waals surface area contributed by atoms with Gasteiger partial charge in [-0.3, -0.25) is 10.1 Å². The van der Waals surface area contributed by atoms with Crippen LogP contribution in [-0.2, 0) is 0 Å². The van der Waals surface area contributed by atoms with Crippen molar-refractivity contribution in [1.82, 2.24) is 0 Å². The first-order valence-electron chi connectivity index (χ1n) is 7.63. The van der Waals surface area contributed by atoms with Crippen LogP contribution in [0, 0.1) is 30.9 Å². The molecular weight excluding hydrogens is 302 g/mol. The van der Waals surface area contributed by atoms with E-state index in [1.54, 1.807) is 6.07 Å². The number of non-ortho nitro benzene ring substituents is 1. The third kappa shape index (κ3) is 2.88. The van der Waals surface area contributed by atoms with Crippen LogP contribution in [0.15, 0.2) is 58.8 Å². The summed E-state index contributed by atoms with van der Waals surface area (Å²) in [6.45, 7) is 5.71. The zero-order valence-corrected chi connectivity index (χ0v) is 13.8. The van der Waals surface area contributed by atoms with Crippen molar-refractivity contribution < 1.29 is 4.92 Å². The fourth-order valence-corrected chi connectivity index (χ4v) is 2.63. The summed E-state index contributed by atoms with van der Waals surface area (Å²) in [5.41, 5.74) is 4.07. The fourth-order valence-electron chi connectivity index (χ4n) is 2.63. The summed E-state index contributed by atoms with van der Waals surface area (Å²) in [5, 5.41) is 21.9. The smallest absolute Gasteiger partial charge is 0.258 e. The zero-order valence-electron chi connectivity index (χ0n) is 13.8. The molecule has 0 saturated carbocycles. The van der Waals surface area contributed by atoms with Gasteiger partial charge in [-0.1, -0.05) is 36.4 Å². The molecule has 0 aliphatic carbocycles. The van der Waals surface area contributed by atoms with Gasteiger partial charge in [-0.2, -0.15) is 0 Å². The lowest BCUT2D eigenvalue weighted by Gasteiger charge is -2.06. The number of aryl methyl sites for hydroxylation is 2. The van der Waals surface area contributed by atoms with Crippen LogP contribution in [0.25, 0.3) is 10.8 Å². The Morgan fingerprint density at radius 1 is 0.917 bits per heavy atom. The maximum absolute atomic E-state index is 11.1. The number of fused-ring (bicyclic) bond motifs is 1. The van der Waals surface area contributed by atoms with E-state index < -0.39 is 4.92 Å². The van der Waals surface area contributed by atoms with Gasteiger partial charge in [0.25, 0.3) is 5.69 Å². The van der Waals surface area contributed by atoms with Crippen molar-refractivity contribution in [2.24, 2.45) is 10.2 Å². The van der Waals surface area contributed by atoms with Crippen LogP contribution in [0.5, 0.6) is 0 Å². The molecule has 0 spiro atoms. The monoisotopic (exact) mass is 319 g/mol. The van der Waals surface area contributed by atoms with Gasteiger partial charge in [-0.15, -0.1) is 10.2 Å². The minimum absolute atomic E-state index is 0.0293. The van der Waals surface area contributed by atoms with E-state index in [2.05, 4.69) is 10.2 Å². The summed E-state index contributed by atoms with van der Waals surface area (Å²) in [7, 11) is 0. The van der Waals surface area contributed by atoms with Gasteiger partial charge >= 0.3 is 0 Å². The summed E-state index contributed by atoms with van der Waals surface area (Å²) < 4.78 is 0. The van der Waals surface area contributed by atoms with Crippen molar-refractivity contribution in [2.45, 2.75) is 20.8 Å². The molecule has 0 aromatic heterocycles. The Bertz CT molecular complexity index is 978. The maximum atomic E-state index is 11.1. The van der Waals surface area contributed by atoms with Crippen LogP contribution >= 0.6 is 0 Å². The first-order chi connectivity index (χ1) is 11.5. The molecule has 120 valence electrons. The Kier molecular flexibility index (Phi) is 4.08. The van der Waals surface area contributed by atoms with E-state index in [1.165, 1.54) is 6.07 Å². The number of benzene rings is 3. The second-order valence-corrected chi connectivity index (χ2v) is 5.82. The number of hydrogen-bond donors (Lipinski definition) is 0. The normalized spacial score (nSPS) is 11.3. The molecule has 0 unspecified atom stereocenters. The Hall–Kier alpha value is -3.08. The SMILES string of the molecule is Cc1cc([N+](=O)[O-])cc(N=Nc2c(C)ccc3ccccc23)c1C. The van der Waals surface area contributed by atoms with E-state index in [9.17, 15) is 10.1 Å². The van der Waals surface area contributed by atoms with E-state index in [4.69, 9.17) is 0 Å². The van der Waals surface area contributed by atoms with Crippen molar-refractivity contribution in [3.63, 3.8) is 0 Å². The summed E-state index contributed by atoms with van der Waals surface area (Å²) in [4.78, 5) is 10.6. The molecule has 0 aliphatic rings. The molecule has 3 aromatic rings. The highest BCUT2D eigenvalue weighted by Gasteiger charge is 2.12. The molecule has 0 bridgehead atoms. The number of nitro benzene ring substituents is 1. The van der Waals surface area contributed by atoms with E-state index in [0.717, 1.165) is 33.2 Å². The Morgan fingerprint density at radius 2 is 1.67 bits per heavy atom. The molecular formula is C19H17N3O2. The Morgan fingerprint density at radius 3 is 2.42 bits per heavy atom. The van der Waals surface area contributed by atoms with Crippen LogP contribution in [0.3, 0.4) is 0 Å². The number of nitro groups is 1. The van der Waals surface area contributed by atoms with Gasteiger partial charge in [-0.05, 0) is 42.8 Å². The van der Waals surface area contributed by atoms with Gasteiger partial charge in [0.05, 0.1) is 16.3 Å². The number of nitrogens with zero attached hydrogens (tertiary/aromatic N) is 3. The molecule has 5 heteroatoms. The number of hydrogen-bond acceptors (Lipinski definition) is 4. The Labute approximate surface area is 139 Å². The predicted molar refractivity (Wildman–Crippen MR) is 95.4 cm³/mol. The van der Waals surface area contributed by atoms with Gasteiger partial charge in [-0.25, -0.2) is 0 Å². The quantitative estimate of drug-likeness (QED) is 0.333. The lowest BCUT2D eigenvalue weighted by Crippen LogP contribution is -1.90. The highest BCUT2D eigenvalue weighted by atomic mass is 16.6. The number of azo groups is 1. The van der Waals surface area contributed by atoms with Gasteiger partial charge in [0.1, 0.15) is 0 Å². The molecule has 3 rings (SSSR count). The highest BCUT2D eigenvalue weighted by molar-refractivity contribution is 5.93. The second kappa shape index (κ2) is 6.20. The van der Waals surface area contributed by atoms with Crippen molar-refractivity contribution in [3.8, 4) is 0 Å². The van der Waals surface area contributed by atoms with Gasteiger partial charge < -0.3 is 0 Å². The third-order valence-electron chi connectivity index (χ3n) is 4.20. The molecule has 0 amide bonds. The van der Waals surface area contributed by atoms with Crippen LogP contribution in [0.1, 0.15) is 16.7 Å². The molecule has 0 heterocycles. The summed E-state index contributed by atoms with van der Waals surface area (Å²) >= 11 is 0. The molecule has 5 nitrogen and oxygen atoms in total. The molecule has 0 atom stereocenters. The van der Waals surface area contributed by atoms with E-state index in [1.807, 2.05) is 57.2 Å². The van der Waals surface area contributed by atoms with Gasteiger partial charge in [0.2, 0.25) is 0 Å². The molecule has 3 aromatic carbocycles. The molecule has 0 saturated heterocycles. The largest absolute Gasteiger partial charge is 0.271 e. The van der Waals surface area contributed by atoms with Gasteiger partial charge in [0.15, 0.2) is 0 Å². The average Bonchev–Trinajstić information content (AvgIpc) is 2.57. The molecule has 0 radical (unpaired) electrons. The topological polar surface area (TPSA) is 67.9 Å². The molecule has 0 N–H and O–H groups in total. The molecule has 0 fully saturated rings. The summed E-state index contributed by atoms with van der Waals surface area (Å²) in [6, 6.07) is 15.0. The second-order valence-electron chi connectivity index (χ2n) is 5.82. The lowest BCUT2D eigenvalue weighted by atomic mass is 10.1. The standard InChI is InChI=1S/C19H17N3O2/c1-12-8-9-15-6-4-5-7-17(15)19(12)21-20-18-11-16(22(23)24)10-13(2)14(18)3/h4-11H,1-3H3. The summed E-state index contributed by atoms with van der Waals surface area (Å²) in [6.07, 6.45) is 0. The van der Waals surface area contributed by atoms with E-state index in [-0.39, 0.29) is 5.69 Å². The third-order valence-corrected chi connectivity index (χ3v) is 4.20. The van der Waals surface area contributed by atoms with E-state index in [0.29, 0.717) is 5.69 Å². The molecule has 0 aliphatic heterocycles. The van der Waals surface area contributed by atoms with Crippen LogP contribution in [-0.4, -0.2) is 4.92 Å². The van der Waals surface area contributed by atoms with Crippen LogP contribution in [0.4, 0.5) is 17.1 Å². The predicted octanol–water partition coefficient (Wildman–Crippen LogP) is 6.09. The molecule has 24 heavy (non-hydrogen) atoms. The van der Waals surface area contributed by atoms with Crippen molar-refractivity contribution in [2.75, 3.05) is 0 Å². The zero-order chi connectivity index (χ0) is 17.3. The van der Waals surface area contributed by atoms with Crippen LogP contribution < -0.4 is 0 Å². The van der Waals surface area contributed by atoms with E-state index >= 15 is 0 Å². The summed E-state index contributed by atoms with van der Waals surface area (Å²) in [5.74, 6) is 0. The van der Waals surface area contributed by atoms with Crippen molar-refractivity contribution in [3.05, 3.63) is 75.3 Å². The minimum Gasteiger partial charge on any atom is -0.258 e. The highest BCUT2D eigenvalue weighted by Crippen LogP contribution is 2.33. The minimum atomic E-state index is -0.408. The first-order valence-corrected chi connectivity index (χ1v) is 7.63. The Balaban J connectivity index is 2.13. The maximum Gasteiger partial charge on any atom is 0.271 e. The number of rotatable bonds is 3. The van der Waals surface area contributed by atoms with Crippen LogP contribution in [0.2, 0.25) is 0 Å². The lowest BCUT2D eigenvalue weighted by molar-refractivity contribution is -0.384.